The summed E-state index contributed by atoms with van der Waals surface area (Å²) in [6.45, 7) is -0.953. The van der Waals surface area contributed by atoms with Gasteiger partial charge in [-0.05, 0) is 24.1 Å². The molecular formula is C22H26FNO9. The van der Waals surface area contributed by atoms with E-state index < -0.39 is 67.2 Å². The van der Waals surface area contributed by atoms with Gasteiger partial charge in [0.25, 0.3) is 5.91 Å². The molecule has 33 heavy (non-hydrogen) atoms. The fraction of sp³-hybridized carbons (Fsp3) is 0.500. The Hall–Kier alpha value is -2.38. The maximum atomic E-state index is 14.0. The number of carbonyl (C=O) groups is 1. The smallest absolute Gasteiger partial charge is 0.255 e. The number of rotatable bonds is 6. The SMILES string of the molecule is O=C(Nc1ccccc1F)C1=CO[C@@H](O[C@@H]2O[C@H](CO)[C@@H](O)[C@H](O)[C@H]2O)[C@@H]2C(CO)=CC[C@H]12. The van der Waals surface area contributed by atoms with Crippen LogP contribution < -0.4 is 5.32 Å². The maximum absolute atomic E-state index is 14.0. The number of amides is 1. The van der Waals surface area contributed by atoms with E-state index in [0.29, 0.717) is 12.0 Å². The zero-order valence-corrected chi connectivity index (χ0v) is 17.5. The van der Waals surface area contributed by atoms with Gasteiger partial charge >= 0.3 is 0 Å². The fourth-order valence-electron chi connectivity index (χ4n) is 4.39. The average Bonchev–Trinajstić information content (AvgIpc) is 3.25. The Balaban J connectivity index is 1.53. The monoisotopic (exact) mass is 467 g/mol. The molecule has 6 N–H and O–H groups in total. The largest absolute Gasteiger partial charge is 0.471 e. The predicted molar refractivity (Wildman–Crippen MR) is 110 cm³/mol. The molecule has 1 aromatic rings. The summed E-state index contributed by atoms with van der Waals surface area (Å²) in [5.74, 6) is -2.27. The summed E-state index contributed by atoms with van der Waals surface area (Å²) in [6.07, 6.45) is -5.22. The van der Waals surface area contributed by atoms with E-state index in [4.69, 9.17) is 14.2 Å². The molecule has 1 amide bonds. The Labute approximate surface area is 188 Å². The molecule has 0 bridgehead atoms. The number of aliphatic hydroxyl groups is 5. The van der Waals surface area contributed by atoms with Gasteiger partial charge in [0.2, 0.25) is 6.29 Å². The quantitative estimate of drug-likeness (QED) is 0.300. The third kappa shape index (κ3) is 4.53. The lowest BCUT2D eigenvalue weighted by atomic mass is 9.83. The van der Waals surface area contributed by atoms with Gasteiger partial charge in [-0.3, -0.25) is 4.79 Å². The number of benzene rings is 1. The topological polar surface area (TPSA) is 158 Å². The van der Waals surface area contributed by atoms with Crippen molar-refractivity contribution < 1.29 is 48.9 Å². The van der Waals surface area contributed by atoms with Gasteiger partial charge in [0.1, 0.15) is 30.2 Å². The van der Waals surface area contributed by atoms with Crippen LogP contribution in [0.3, 0.4) is 0 Å². The lowest BCUT2D eigenvalue weighted by molar-refractivity contribution is -0.339. The average molecular weight is 467 g/mol. The Morgan fingerprint density at radius 3 is 2.58 bits per heavy atom. The van der Waals surface area contributed by atoms with Gasteiger partial charge in [0.15, 0.2) is 6.29 Å². The van der Waals surface area contributed by atoms with E-state index in [-0.39, 0.29) is 17.9 Å². The van der Waals surface area contributed by atoms with Gasteiger partial charge in [0.05, 0.1) is 36.7 Å². The number of fused-ring (bicyclic) bond motifs is 1. The summed E-state index contributed by atoms with van der Waals surface area (Å²) in [5, 5.41) is 51.9. The van der Waals surface area contributed by atoms with Crippen molar-refractivity contribution in [2.45, 2.75) is 43.4 Å². The molecule has 1 aromatic carbocycles. The van der Waals surface area contributed by atoms with Gasteiger partial charge < -0.3 is 45.1 Å². The van der Waals surface area contributed by atoms with Gasteiger partial charge in [-0.15, -0.1) is 0 Å². The molecule has 1 fully saturated rings. The number of nitrogens with one attached hydrogen (secondary N) is 1. The summed E-state index contributed by atoms with van der Waals surface area (Å²) in [6, 6.07) is 5.72. The first-order valence-electron chi connectivity index (χ1n) is 10.5. The number of anilines is 1. The second kappa shape index (κ2) is 9.85. The molecule has 2 aliphatic heterocycles. The summed E-state index contributed by atoms with van der Waals surface area (Å²) < 4.78 is 30.7. The van der Waals surface area contributed by atoms with Crippen LogP contribution in [0.25, 0.3) is 0 Å². The molecular weight excluding hydrogens is 441 g/mol. The number of allylic oxidation sites excluding steroid dienone is 1. The minimum Gasteiger partial charge on any atom is -0.471 e. The second-order valence-corrected chi connectivity index (χ2v) is 8.15. The minimum atomic E-state index is -1.64. The van der Waals surface area contributed by atoms with Gasteiger partial charge in [0, 0.05) is 5.92 Å². The zero-order valence-electron chi connectivity index (χ0n) is 17.5. The molecule has 0 aromatic heterocycles. The Morgan fingerprint density at radius 2 is 1.88 bits per heavy atom. The van der Waals surface area contributed by atoms with Crippen molar-refractivity contribution in [1.82, 2.24) is 0 Å². The molecule has 11 heteroatoms. The Bertz CT molecular complexity index is 936. The lowest BCUT2D eigenvalue weighted by Gasteiger charge is -2.43. The van der Waals surface area contributed by atoms with Crippen LogP contribution in [0.5, 0.6) is 0 Å². The molecule has 0 saturated carbocycles. The highest BCUT2D eigenvalue weighted by molar-refractivity contribution is 6.04. The number of para-hydroxylation sites is 1. The van der Waals surface area contributed by atoms with Crippen molar-refractivity contribution in [3.8, 4) is 0 Å². The standard InChI is InChI=1S/C22H26FNO9/c23-13-3-1-2-4-14(13)24-20(30)12-9-31-21(16-10(7-25)5-6-11(12)16)33-22-19(29)18(28)17(27)15(8-26)32-22/h1-5,9,11,15-19,21-22,25-29H,6-8H2,(H,24,30)/t11-,15-,16-,17-,18+,19-,21+,22+/m1/s1. The van der Waals surface area contributed by atoms with Gasteiger partial charge in [-0.25, -0.2) is 4.39 Å². The highest BCUT2D eigenvalue weighted by Gasteiger charge is 2.49. The molecule has 0 radical (unpaired) electrons. The van der Waals surface area contributed by atoms with Crippen molar-refractivity contribution in [2.75, 3.05) is 18.5 Å². The van der Waals surface area contributed by atoms with Crippen molar-refractivity contribution in [3.05, 3.63) is 53.6 Å². The summed E-state index contributed by atoms with van der Waals surface area (Å²) in [4.78, 5) is 12.9. The first kappa shape index (κ1) is 23.8. The van der Waals surface area contributed by atoms with E-state index >= 15 is 0 Å². The van der Waals surface area contributed by atoms with E-state index in [1.165, 1.54) is 24.5 Å². The molecule has 2 heterocycles. The number of hydrogen-bond acceptors (Lipinski definition) is 9. The van der Waals surface area contributed by atoms with Gasteiger partial charge in [-0.1, -0.05) is 18.2 Å². The van der Waals surface area contributed by atoms with Crippen LogP contribution >= 0.6 is 0 Å². The Morgan fingerprint density at radius 1 is 1.12 bits per heavy atom. The summed E-state index contributed by atoms with van der Waals surface area (Å²) >= 11 is 0. The van der Waals surface area contributed by atoms with Crippen molar-refractivity contribution >= 4 is 11.6 Å². The maximum Gasteiger partial charge on any atom is 0.255 e. The number of ether oxygens (including phenoxy) is 3. The van der Waals surface area contributed by atoms with Crippen LogP contribution in [0, 0.1) is 17.7 Å². The lowest BCUT2D eigenvalue weighted by Crippen LogP contribution is -2.60. The number of carbonyl (C=O) groups excluding carboxylic acids is 1. The molecule has 0 spiro atoms. The molecule has 180 valence electrons. The minimum absolute atomic E-state index is 0.00739. The van der Waals surface area contributed by atoms with Crippen LogP contribution in [0.15, 0.2) is 47.7 Å². The van der Waals surface area contributed by atoms with E-state index in [0.717, 1.165) is 0 Å². The van der Waals surface area contributed by atoms with E-state index in [2.05, 4.69) is 5.32 Å². The first-order valence-corrected chi connectivity index (χ1v) is 10.5. The van der Waals surface area contributed by atoms with Gasteiger partial charge in [-0.2, -0.15) is 0 Å². The highest BCUT2D eigenvalue weighted by atomic mass is 19.1. The normalized spacial score (nSPS) is 35.8. The molecule has 10 nitrogen and oxygen atoms in total. The van der Waals surface area contributed by atoms with Crippen LogP contribution in [0.2, 0.25) is 0 Å². The molecule has 4 rings (SSSR count). The molecule has 8 atom stereocenters. The van der Waals surface area contributed by atoms with E-state index in [1.807, 2.05) is 0 Å². The third-order valence-electron chi connectivity index (χ3n) is 6.20. The number of halogens is 1. The van der Waals surface area contributed by atoms with Crippen LogP contribution in [-0.4, -0.2) is 81.6 Å². The third-order valence-corrected chi connectivity index (χ3v) is 6.20. The van der Waals surface area contributed by atoms with Crippen molar-refractivity contribution in [1.29, 1.82) is 0 Å². The fourth-order valence-corrected chi connectivity index (χ4v) is 4.39. The molecule has 1 saturated heterocycles. The predicted octanol–water partition coefficient (Wildman–Crippen LogP) is -0.624. The van der Waals surface area contributed by atoms with Crippen LogP contribution in [0.4, 0.5) is 10.1 Å². The van der Waals surface area contributed by atoms with E-state index in [1.54, 1.807) is 12.1 Å². The van der Waals surface area contributed by atoms with Crippen LogP contribution in [-0.2, 0) is 19.0 Å². The molecule has 0 unspecified atom stereocenters. The summed E-state index contributed by atoms with van der Waals surface area (Å²) in [7, 11) is 0. The molecule has 3 aliphatic rings. The Kier molecular flexibility index (Phi) is 7.10. The molecule has 1 aliphatic carbocycles. The first-order chi connectivity index (χ1) is 15.8. The van der Waals surface area contributed by atoms with Crippen molar-refractivity contribution in [3.63, 3.8) is 0 Å². The second-order valence-electron chi connectivity index (χ2n) is 8.15. The van der Waals surface area contributed by atoms with E-state index in [9.17, 15) is 34.7 Å². The highest BCUT2D eigenvalue weighted by Crippen LogP contribution is 2.44. The zero-order chi connectivity index (χ0) is 23.7. The summed E-state index contributed by atoms with van der Waals surface area (Å²) in [5.41, 5.74) is 0.767. The number of aliphatic hydroxyl groups excluding tert-OH is 5. The van der Waals surface area contributed by atoms with Crippen LogP contribution in [0.1, 0.15) is 6.42 Å². The van der Waals surface area contributed by atoms with Crippen molar-refractivity contribution in [2.24, 2.45) is 11.8 Å². The number of hydrogen-bond donors (Lipinski definition) is 6.